The zero-order valence-electron chi connectivity index (χ0n) is 18.9. The summed E-state index contributed by atoms with van der Waals surface area (Å²) in [5, 5.41) is 6.72. The lowest BCUT2D eigenvalue weighted by Crippen LogP contribution is -2.39. The molecule has 1 aliphatic heterocycles. The normalized spacial score (nSPS) is 15.8. The molecule has 168 valence electrons. The van der Waals surface area contributed by atoms with E-state index in [1.54, 1.807) is 21.3 Å². The maximum Gasteiger partial charge on any atom is 0.195 e. The van der Waals surface area contributed by atoms with E-state index in [-0.39, 0.29) is 5.41 Å². The summed E-state index contributed by atoms with van der Waals surface area (Å²) in [7, 11) is 4.94. The molecule has 1 saturated heterocycles. The molecule has 3 rings (SSSR count). The molecule has 7 nitrogen and oxygen atoms in total. The smallest absolute Gasteiger partial charge is 0.195 e. The summed E-state index contributed by atoms with van der Waals surface area (Å²) in [5.41, 5.74) is 2.08. The molecule has 7 heteroatoms. The van der Waals surface area contributed by atoms with Gasteiger partial charge in [0, 0.05) is 36.9 Å². The highest BCUT2D eigenvalue weighted by molar-refractivity contribution is 5.94. The Bertz CT molecular complexity index is 862. The zero-order valence-corrected chi connectivity index (χ0v) is 18.9. The van der Waals surface area contributed by atoms with Gasteiger partial charge in [0.1, 0.15) is 5.75 Å². The fourth-order valence-electron chi connectivity index (χ4n) is 3.83. The van der Waals surface area contributed by atoms with Crippen LogP contribution < -0.4 is 24.8 Å². The number of benzene rings is 2. The lowest BCUT2D eigenvalue weighted by molar-refractivity contribution is 0.0531. The van der Waals surface area contributed by atoms with Crippen molar-refractivity contribution in [2.75, 3.05) is 52.9 Å². The van der Waals surface area contributed by atoms with Crippen LogP contribution in [0.2, 0.25) is 0 Å². The van der Waals surface area contributed by atoms with Crippen LogP contribution in [0.15, 0.2) is 47.5 Å². The van der Waals surface area contributed by atoms with E-state index in [2.05, 4.69) is 29.7 Å². The fraction of sp³-hybridized carbons (Fsp3) is 0.458. The van der Waals surface area contributed by atoms with Crippen LogP contribution in [0, 0.1) is 0 Å². The molecule has 31 heavy (non-hydrogen) atoms. The first-order chi connectivity index (χ1) is 15.1. The molecule has 0 spiro atoms. The van der Waals surface area contributed by atoms with Gasteiger partial charge in [-0.25, -0.2) is 0 Å². The van der Waals surface area contributed by atoms with Gasteiger partial charge < -0.3 is 29.6 Å². The molecule has 2 N–H and O–H groups in total. The van der Waals surface area contributed by atoms with E-state index in [0.717, 1.165) is 50.0 Å². The summed E-state index contributed by atoms with van der Waals surface area (Å²) in [5.74, 6) is 2.95. The van der Waals surface area contributed by atoms with Crippen LogP contribution in [0.1, 0.15) is 25.3 Å². The van der Waals surface area contributed by atoms with Gasteiger partial charge in [-0.3, -0.25) is 4.99 Å². The van der Waals surface area contributed by atoms with Crippen LogP contribution in [0.5, 0.6) is 17.2 Å². The average molecular weight is 428 g/mol. The number of nitrogens with one attached hydrogen (secondary N) is 2. The Kier molecular flexibility index (Phi) is 8.00. The number of methoxy groups -OCH3 is 3. The Morgan fingerprint density at radius 3 is 2.29 bits per heavy atom. The quantitative estimate of drug-likeness (QED) is 0.493. The molecular weight excluding hydrogens is 394 g/mol. The first-order valence-electron chi connectivity index (χ1n) is 10.6. The highest BCUT2D eigenvalue weighted by Gasteiger charge is 2.34. The fourth-order valence-corrected chi connectivity index (χ4v) is 3.83. The lowest BCUT2D eigenvalue weighted by Gasteiger charge is -2.36. The van der Waals surface area contributed by atoms with E-state index in [0.29, 0.717) is 18.0 Å². The Morgan fingerprint density at radius 1 is 0.968 bits per heavy atom. The van der Waals surface area contributed by atoms with Crippen molar-refractivity contribution < 1.29 is 18.9 Å². The van der Waals surface area contributed by atoms with E-state index in [1.165, 1.54) is 5.56 Å². The summed E-state index contributed by atoms with van der Waals surface area (Å²) in [6, 6.07) is 14.1. The predicted octanol–water partition coefficient (Wildman–Crippen LogP) is 3.84. The Morgan fingerprint density at radius 2 is 1.68 bits per heavy atom. The number of anilines is 1. The third-order valence-electron chi connectivity index (χ3n) is 5.68. The van der Waals surface area contributed by atoms with Crippen molar-refractivity contribution >= 4 is 11.6 Å². The molecule has 2 aromatic rings. The van der Waals surface area contributed by atoms with E-state index < -0.39 is 0 Å². The Labute approximate surface area is 184 Å². The van der Waals surface area contributed by atoms with Crippen LogP contribution in [0.4, 0.5) is 5.69 Å². The van der Waals surface area contributed by atoms with Crippen molar-refractivity contribution in [3.63, 3.8) is 0 Å². The second-order valence-electron chi connectivity index (χ2n) is 7.51. The van der Waals surface area contributed by atoms with Crippen LogP contribution in [0.25, 0.3) is 0 Å². The molecule has 0 aromatic heterocycles. The number of guanidine groups is 1. The monoisotopic (exact) mass is 427 g/mol. The van der Waals surface area contributed by atoms with Crippen LogP contribution in [0.3, 0.4) is 0 Å². The summed E-state index contributed by atoms with van der Waals surface area (Å²) in [6.07, 6.45) is 1.86. The van der Waals surface area contributed by atoms with Gasteiger partial charge in [0.15, 0.2) is 17.5 Å². The van der Waals surface area contributed by atoms with Gasteiger partial charge in [-0.2, -0.15) is 0 Å². The molecule has 0 bridgehead atoms. The van der Waals surface area contributed by atoms with Gasteiger partial charge in [0.2, 0.25) is 0 Å². The highest BCUT2D eigenvalue weighted by Crippen LogP contribution is 2.36. The molecule has 0 amide bonds. The number of ether oxygens (including phenoxy) is 4. The number of nitrogens with zero attached hydrogens (tertiary/aromatic N) is 1. The van der Waals surface area contributed by atoms with Crippen LogP contribution in [-0.2, 0) is 10.2 Å². The largest absolute Gasteiger partial charge is 0.497 e. The van der Waals surface area contributed by atoms with Crippen LogP contribution >= 0.6 is 0 Å². The third-order valence-corrected chi connectivity index (χ3v) is 5.68. The second kappa shape index (κ2) is 10.9. The number of rotatable bonds is 8. The number of hydrogen-bond acceptors (Lipinski definition) is 5. The van der Waals surface area contributed by atoms with E-state index >= 15 is 0 Å². The number of hydrogen-bond donors (Lipinski definition) is 2. The minimum Gasteiger partial charge on any atom is -0.497 e. The maximum absolute atomic E-state index is 5.66. The molecule has 0 saturated carbocycles. The first-order valence-corrected chi connectivity index (χ1v) is 10.6. The van der Waals surface area contributed by atoms with E-state index in [4.69, 9.17) is 23.9 Å². The van der Waals surface area contributed by atoms with Crippen molar-refractivity contribution in [3.05, 3.63) is 48.0 Å². The third kappa shape index (κ3) is 5.61. The van der Waals surface area contributed by atoms with Gasteiger partial charge >= 0.3 is 0 Å². The topological polar surface area (TPSA) is 73.3 Å². The molecule has 0 aliphatic carbocycles. The van der Waals surface area contributed by atoms with Crippen molar-refractivity contribution in [1.82, 2.24) is 5.32 Å². The standard InChI is InChI=1S/C24H33N3O4/c1-5-25-23(27-19-8-11-21(29-3)22(16-19)30-4)26-17-24(12-14-31-15-13-24)18-6-9-20(28-2)10-7-18/h6-11,16H,5,12-15,17H2,1-4H3,(H2,25,26,27). The summed E-state index contributed by atoms with van der Waals surface area (Å²) >= 11 is 0. The molecule has 2 aromatic carbocycles. The molecule has 1 heterocycles. The van der Waals surface area contributed by atoms with Gasteiger partial charge in [-0.15, -0.1) is 0 Å². The summed E-state index contributed by atoms with van der Waals surface area (Å²) in [6.45, 7) is 4.95. The van der Waals surface area contributed by atoms with Crippen LogP contribution in [-0.4, -0.2) is 53.6 Å². The first kappa shape index (κ1) is 22.7. The minimum atomic E-state index is -0.0650. The SMILES string of the molecule is CCNC(=NCC1(c2ccc(OC)cc2)CCOCC1)Nc1ccc(OC)c(OC)c1. The maximum atomic E-state index is 5.66. The van der Waals surface area contributed by atoms with Gasteiger partial charge in [0.05, 0.1) is 27.9 Å². The highest BCUT2D eigenvalue weighted by atomic mass is 16.5. The van der Waals surface area contributed by atoms with E-state index in [9.17, 15) is 0 Å². The van der Waals surface area contributed by atoms with Gasteiger partial charge in [-0.1, -0.05) is 12.1 Å². The molecular formula is C24H33N3O4. The lowest BCUT2D eigenvalue weighted by atomic mass is 9.74. The molecule has 1 aliphatic rings. The van der Waals surface area contributed by atoms with Gasteiger partial charge in [-0.05, 0) is 49.6 Å². The second-order valence-corrected chi connectivity index (χ2v) is 7.51. The molecule has 0 atom stereocenters. The van der Waals surface area contributed by atoms with Crippen molar-refractivity contribution in [2.24, 2.45) is 4.99 Å². The number of aliphatic imine (C=N–C) groups is 1. The Hall–Kier alpha value is -2.93. The van der Waals surface area contributed by atoms with E-state index in [1.807, 2.05) is 30.3 Å². The summed E-state index contributed by atoms with van der Waals surface area (Å²) in [4.78, 5) is 4.96. The zero-order chi connectivity index (χ0) is 22.1. The minimum absolute atomic E-state index is 0.0650. The predicted molar refractivity (Wildman–Crippen MR) is 124 cm³/mol. The summed E-state index contributed by atoms with van der Waals surface area (Å²) < 4.78 is 21.7. The van der Waals surface area contributed by atoms with Gasteiger partial charge in [0.25, 0.3) is 0 Å². The molecule has 1 fully saturated rings. The van der Waals surface area contributed by atoms with Crippen molar-refractivity contribution in [1.29, 1.82) is 0 Å². The molecule has 0 radical (unpaired) electrons. The molecule has 0 unspecified atom stereocenters. The average Bonchev–Trinajstić information content (AvgIpc) is 2.83. The van der Waals surface area contributed by atoms with Crippen molar-refractivity contribution in [3.8, 4) is 17.2 Å². The van der Waals surface area contributed by atoms with Crippen molar-refractivity contribution in [2.45, 2.75) is 25.2 Å². The Balaban J connectivity index is 1.83.